The zero-order valence-electron chi connectivity index (χ0n) is 15.3. The third-order valence-electron chi connectivity index (χ3n) is 5.84. The van der Waals surface area contributed by atoms with Crippen LogP contribution < -0.4 is 16.6 Å². The maximum Gasteiger partial charge on any atom is 0.328 e. The number of carbonyl (C=O) groups is 1. The summed E-state index contributed by atoms with van der Waals surface area (Å²) in [6.45, 7) is 0.261. The summed E-state index contributed by atoms with van der Waals surface area (Å²) in [5, 5.41) is 4.05. The van der Waals surface area contributed by atoms with Crippen LogP contribution in [0.5, 0.6) is 0 Å². The molecule has 8 heteroatoms. The first-order valence-corrected chi connectivity index (χ1v) is 9.26. The Morgan fingerprint density at radius 2 is 1.85 bits per heavy atom. The molecule has 2 atom stereocenters. The molecule has 1 aromatic carbocycles. The van der Waals surface area contributed by atoms with Gasteiger partial charge in [0.25, 0.3) is 5.56 Å². The summed E-state index contributed by atoms with van der Waals surface area (Å²) in [5.74, 6) is 0.0403. The number of para-hydroxylation sites is 1. The Morgan fingerprint density at radius 1 is 1.19 bits per heavy atom. The van der Waals surface area contributed by atoms with Gasteiger partial charge in [0.15, 0.2) is 0 Å². The average molecular weight is 393 g/mol. The molecule has 2 saturated heterocycles. The number of aryl methyl sites for hydroxylation is 1. The quantitative estimate of drug-likeness (QED) is 0.819. The minimum absolute atomic E-state index is 0. The van der Waals surface area contributed by atoms with Crippen molar-refractivity contribution in [3.05, 3.63) is 45.1 Å². The van der Waals surface area contributed by atoms with Gasteiger partial charge in [0.1, 0.15) is 0 Å². The van der Waals surface area contributed by atoms with Gasteiger partial charge in [0, 0.05) is 38.1 Å². The van der Waals surface area contributed by atoms with E-state index in [0.29, 0.717) is 23.0 Å². The maximum atomic E-state index is 12.7. The highest BCUT2D eigenvalue weighted by molar-refractivity contribution is 5.85. The molecule has 1 amide bonds. The summed E-state index contributed by atoms with van der Waals surface area (Å²) in [6, 6.07) is 8.30. The van der Waals surface area contributed by atoms with Crippen LogP contribution in [0.25, 0.3) is 10.9 Å². The highest BCUT2D eigenvalue weighted by Crippen LogP contribution is 2.29. The first-order chi connectivity index (χ1) is 12.5. The van der Waals surface area contributed by atoms with E-state index in [9.17, 15) is 14.4 Å². The monoisotopic (exact) mass is 392 g/mol. The molecule has 2 fully saturated rings. The van der Waals surface area contributed by atoms with Gasteiger partial charge in [-0.25, -0.2) is 4.79 Å². The molecular weight excluding hydrogens is 368 g/mol. The lowest BCUT2D eigenvalue weighted by molar-refractivity contribution is -0.132. The van der Waals surface area contributed by atoms with Gasteiger partial charge in [-0.2, -0.15) is 0 Å². The van der Waals surface area contributed by atoms with Crippen molar-refractivity contribution in [2.45, 2.75) is 56.8 Å². The van der Waals surface area contributed by atoms with Crippen molar-refractivity contribution < 1.29 is 4.79 Å². The summed E-state index contributed by atoms with van der Waals surface area (Å²) >= 11 is 0. The number of piperidine rings is 1. The lowest BCUT2D eigenvalue weighted by atomic mass is 9.98. The summed E-state index contributed by atoms with van der Waals surface area (Å²) < 4.78 is 1.48. The number of rotatable bonds is 4. The third-order valence-corrected chi connectivity index (χ3v) is 5.84. The largest absolute Gasteiger partial charge is 0.343 e. The van der Waals surface area contributed by atoms with E-state index in [-0.39, 0.29) is 37.3 Å². The Hall–Kier alpha value is -2.12. The Balaban J connectivity index is 0.00000210. The number of benzene rings is 1. The Labute approximate surface area is 163 Å². The van der Waals surface area contributed by atoms with Gasteiger partial charge in [0.2, 0.25) is 5.91 Å². The van der Waals surface area contributed by atoms with E-state index >= 15 is 0 Å². The van der Waals surface area contributed by atoms with Gasteiger partial charge in [-0.1, -0.05) is 12.1 Å². The van der Waals surface area contributed by atoms with Crippen LogP contribution in [-0.2, 0) is 11.3 Å². The molecule has 27 heavy (non-hydrogen) atoms. The number of hydrogen-bond acceptors (Lipinski definition) is 4. The second-order valence-corrected chi connectivity index (χ2v) is 7.45. The van der Waals surface area contributed by atoms with Crippen LogP contribution in [0.4, 0.5) is 0 Å². The molecule has 0 aliphatic carbocycles. The maximum absolute atomic E-state index is 12.7. The number of amides is 1. The summed E-state index contributed by atoms with van der Waals surface area (Å²) in [5.41, 5.74) is -0.295. The van der Waals surface area contributed by atoms with Crippen LogP contribution in [0.2, 0.25) is 0 Å². The number of fused-ring (bicyclic) bond motifs is 3. The average Bonchev–Trinajstić information content (AvgIpc) is 2.98. The second-order valence-electron chi connectivity index (χ2n) is 7.45. The highest BCUT2D eigenvalue weighted by Gasteiger charge is 2.36. The second kappa shape index (κ2) is 7.86. The molecule has 0 spiro atoms. The van der Waals surface area contributed by atoms with Crippen LogP contribution in [0.3, 0.4) is 0 Å². The Kier molecular flexibility index (Phi) is 5.72. The molecule has 2 aliphatic rings. The van der Waals surface area contributed by atoms with Crippen LogP contribution in [0.15, 0.2) is 33.9 Å². The lowest BCUT2D eigenvalue weighted by Crippen LogP contribution is -2.49. The van der Waals surface area contributed by atoms with Gasteiger partial charge >= 0.3 is 5.69 Å². The fourth-order valence-electron chi connectivity index (χ4n) is 4.40. The molecule has 3 heterocycles. The third kappa shape index (κ3) is 3.80. The molecule has 4 rings (SSSR count). The molecule has 146 valence electrons. The van der Waals surface area contributed by atoms with Crippen LogP contribution in [0, 0.1) is 0 Å². The zero-order valence-corrected chi connectivity index (χ0v) is 16.1. The molecule has 7 nitrogen and oxygen atoms in total. The van der Waals surface area contributed by atoms with Crippen molar-refractivity contribution in [1.29, 1.82) is 0 Å². The van der Waals surface area contributed by atoms with E-state index in [1.807, 2.05) is 11.9 Å². The number of hydrogen-bond donors (Lipinski definition) is 2. The first-order valence-electron chi connectivity index (χ1n) is 9.26. The fraction of sp³-hybridized carbons (Fsp3) is 0.526. The fourth-order valence-corrected chi connectivity index (χ4v) is 4.40. The van der Waals surface area contributed by atoms with Crippen LogP contribution in [0.1, 0.15) is 32.1 Å². The Bertz CT molecular complexity index is 942. The molecule has 2 N–H and O–H groups in total. The topological polar surface area (TPSA) is 87.2 Å². The van der Waals surface area contributed by atoms with E-state index < -0.39 is 11.2 Å². The number of aromatic nitrogens is 2. The smallest absolute Gasteiger partial charge is 0.328 e. The van der Waals surface area contributed by atoms with Crippen molar-refractivity contribution >= 4 is 29.2 Å². The summed E-state index contributed by atoms with van der Waals surface area (Å²) in [7, 11) is 1.87. The van der Waals surface area contributed by atoms with Crippen LogP contribution >= 0.6 is 12.4 Å². The van der Waals surface area contributed by atoms with Crippen LogP contribution in [-0.4, -0.2) is 45.5 Å². The Morgan fingerprint density at radius 3 is 2.56 bits per heavy atom. The van der Waals surface area contributed by atoms with Crippen molar-refractivity contribution in [3.8, 4) is 0 Å². The number of nitrogens with zero attached hydrogens (tertiary/aromatic N) is 2. The SMILES string of the molecule is CN(C(=O)CCn1c(=O)[nH]c(=O)c2ccccc21)C1CC2CCC(C1)N2.Cl. The molecule has 0 saturated carbocycles. The normalized spacial score (nSPS) is 23.8. The zero-order chi connectivity index (χ0) is 18.3. The first kappa shape index (κ1) is 19.6. The van der Waals surface area contributed by atoms with Gasteiger partial charge < -0.3 is 10.2 Å². The van der Waals surface area contributed by atoms with E-state index in [0.717, 1.165) is 12.8 Å². The predicted molar refractivity (Wildman–Crippen MR) is 106 cm³/mol. The van der Waals surface area contributed by atoms with Crippen molar-refractivity contribution in [1.82, 2.24) is 19.8 Å². The lowest BCUT2D eigenvalue weighted by Gasteiger charge is -2.35. The molecule has 1 aromatic heterocycles. The van der Waals surface area contributed by atoms with Gasteiger partial charge in [-0.15, -0.1) is 12.4 Å². The van der Waals surface area contributed by atoms with Crippen molar-refractivity contribution in [3.63, 3.8) is 0 Å². The van der Waals surface area contributed by atoms with E-state index in [1.165, 1.54) is 17.4 Å². The number of aromatic amines is 1. The summed E-state index contributed by atoms with van der Waals surface area (Å²) in [6.07, 6.45) is 4.64. The molecule has 2 unspecified atom stereocenters. The molecule has 2 aliphatic heterocycles. The summed E-state index contributed by atoms with van der Waals surface area (Å²) in [4.78, 5) is 41.0. The molecule has 2 aromatic rings. The highest BCUT2D eigenvalue weighted by atomic mass is 35.5. The van der Waals surface area contributed by atoms with Gasteiger partial charge in [-0.05, 0) is 37.8 Å². The predicted octanol–water partition coefficient (Wildman–Crippen LogP) is 1.24. The molecular formula is C19H25ClN4O3. The number of nitrogens with one attached hydrogen (secondary N) is 2. The molecule has 2 bridgehead atoms. The van der Waals surface area contributed by atoms with E-state index in [1.54, 1.807) is 24.3 Å². The minimum atomic E-state index is -0.468. The van der Waals surface area contributed by atoms with Crippen molar-refractivity contribution in [2.75, 3.05) is 7.05 Å². The van der Waals surface area contributed by atoms with Crippen molar-refractivity contribution in [2.24, 2.45) is 0 Å². The minimum Gasteiger partial charge on any atom is -0.343 e. The standard InChI is InChI=1S/C19H24N4O3.ClH/c1-22(14-10-12-6-7-13(11-14)20-12)17(24)8-9-23-16-5-3-2-4-15(16)18(25)21-19(23)26;/h2-5,12-14,20H,6-11H2,1H3,(H,21,25,26);1H. The number of halogens is 1. The van der Waals surface area contributed by atoms with E-state index in [2.05, 4.69) is 10.3 Å². The molecule has 0 radical (unpaired) electrons. The number of carbonyl (C=O) groups excluding carboxylic acids is 1. The van der Waals surface area contributed by atoms with Gasteiger partial charge in [-0.3, -0.25) is 19.1 Å². The van der Waals surface area contributed by atoms with Gasteiger partial charge in [0.05, 0.1) is 10.9 Å². The van der Waals surface area contributed by atoms with E-state index in [4.69, 9.17) is 0 Å². The number of H-pyrrole nitrogens is 1.